The van der Waals surface area contributed by atoms with Gasteiger partial charge in [-0.3, -0.25) is 0 Å². The first kappa shape index (κ1) is 13.5. The van der Waals surface area contributed by atoms with Gasteiger partial charge in [0.05, 0.1) is 0 Å². The van der Waals surface area contributed by atoms with Crippen molar-refractivity contribution in [2.75, 3.05) is 6.54 Å². The van der Waals surface area contributed by atoms with Crippen LogP contribution in [0.5, 0.6) is 0 Å². The van der Waals surface area contributed by atoms with E-state index in [1.54, 1.807) is 24.7 Å². The highest BCUT2D eigenvalue weighted by molar-refractivity contribution is 7.89. The standard InChI is InChI=1S/C11H20N4O2S/c1-8-6-10(12)4-5-15(8)18(16,17)11-7-14(3)9(2)13-11/h7-8,10H,4-6,12H2,1-3H3. The number of nitrogens with zero attached hydrogens (tertiary/aromatic N) is 3. The maximum atomic E-state index is 12.5. The number of rotatable bonds is 2. The molecule has 6 nitrogen and oxygen atoms in total. The van der Waals surface area contributed by atoms with Gasteiger partial charge in [-0.2, -0.15) is 4.31 Å². The maximum Gasteiger partial charge on any atom is 0.262 e. The van der Waals surface area contributed by atoms with Gasteiger partial charge >= 0.3 is 0 Å². The number of imidazole rings is 1. The summed E-state index contributed by atoms with van der Waals surface area (Å²) >= 11 is 0. The van der Waals surface area contributed by atoms with Gasteiger partial charge < -0.3 is 10.3 Å². The van der Waals surface area contributed by atoms with Crippen molar-refractivity contribution in [3.05, 3.63) is 12.0 Å². The lowest BCUT2D eigenvalue weighted by Gasteiger charge is -2.34. The molecule has 0 radical (unpaired) electrons. The number of hydrogen-bond acceptors (Lipinski definition) is 4. The van der Waals surface area contributed by atoms with Crippen molar-refractivity contribution in [2.24, 2.45) is 12.8 Å². The molecule has 0 aliphatic carbocycles. The van der Waals surface area contributed by atoms with E-state index >= 15 is 0 Å². The van der Waals surface area contributed by atoms with Crippen LogP contribution in [0.15, 0.2) is 11.2 Å². The minimum absolute atomic E-state index is 0.0685. The first-order valence-electron chi connectivity index (χ1n) is 6.09. The molecule has 1 saturated heterocycles. The smallest absolute Gasteiger partial charge is 0.262 e. The van der Waals surface area contributed by atoms with E-state index in [0.717, 1.165) is 0 Å². The average Bonchev–Trinajstić information content (AvgIpc) is 2.59. The summed E-state index contributed by atoms with van der Waals surface area (Å²) in [7, 11) is -1.70. The molecule has 18 heavy (non-hydrogen) atoms. The predicted octanol–water partition coefficient (Wildman–Crippen LogP) is 0.229. The van der Waals surface area contributed by atoms with Gasteiger partial charge in [0.2, 0.25) is 0 Å². The van der Waals surface area contributed by atoms with E-state index in [4.69, 9.17) is 5.73 Å². The first-order valence-corrected chi connectivity index (χ1v) is 7.53. The number of aryl methyl sites for hydroxylation is 2. The molecular formula is C11H20N4O2S. The Bertz CT molecular complexity index is 518. The van der Waals surface area contributed by atoms with Gasteiger partial charge in [-0.25, -0.2) is 13.4 Å². The third-order valence-corrected chi connectivity index (χ3v) is 5.40. The molecule has 7 heteroatoms. The van der Waals surface area contributed by atoms with Gasteiger partial charge in [-0.05, 0) is 26.7 Å². The zero-order valence-corrected chi connectivity index (χ0v) is 11.8. The number of sulfonamides is 1. The molecule has 1 aromatic rings. The molecule has 1 aliphatic rings. The molecular weight excluding hydrogens is 252 g/mol. The van der Waals surface area contributed by atoms with Crippen molar-refractivity contribution in [1.29, 1.82) is 0 Å². The molecule has 2 heterocycles. The lowest BCUT2D eigenvalue weighted by atomic mass is 10.0. The highest BCUT2D eigenvalue weighted by Crippen LogP contribution is 2.24. The second kappa shape index (κ2) is 4.64. The molecule has 0 bridgehead atoms. The second-order valence-corrected chi connectivity index (χ2v) is 6.82. The minimum Gasteiger partial charge on any atom is -0.337 e. The van der Waals surface area contributed by atoms with E-state index in [-0.39, 0.29) is 17.1 Å². The van der Waals surface area contributed by atoms with E-state index in [0.29, 0.717) is 25.2 Å². The van der Waals surface area contributed by atoms with Crippen LogP contribution in [0.3, 0.4) is 0 Å². The lowest BCUT2D eigenvalue weighted by molar-refractivity contribution is 0.246. The number of hydrogen-bond donors (Lipinski definition) is 1. The van der Waals surface area contributed by atoms with E-state index < -0.39 is 10.0 Å². The molecule has 2 atom stereocenters. The van der Waals surface area contributed by atoms with Crippen LogP contribution in [0.2, 0.25) is 0 Å². The fourth-order valence-electron chi connectivity index (χ4n) is 2.31. The van der Waals surface area contributed by atoms with Gasteiger partial charge in [-0.15, -0.1) is 0 Å². The molecule has 0 amide bonds. The zero-order valence-electron chi connectivity index (χ0n) is 11.0. The molecule has 0 saturated carbocycles. The topological polar surface area (TPSA) is 81.2 Å². The summed E-state index contributed by atoms with van der Waals surface area (Å²) < 4.78 is 28.2. The molecule has 0 aromatic carbocycles. The van der Waals surface area contributed by atoms with Crippen LogP contribution in [-0.2, 0) is 17.1 Å². The molecule has 2 N–H and O–H groups in total. The fraction of sp³-hybridized carbons (Fsp3) is 0.727. The largest absolute Gasteiger partial charge is 0.337 e. The van der Waals surface area contributed by atoms with Crippen molar-refractivity contribution in [3.8, 4) is 0 Å². The van der Waals surface area contributed by atoms with E-state index in [1.807, 2.05) is 6.92 Å². The van der Waals surface area contributed by atoms with Crippen LogP contribution < -0.4 is 5.73 Å². The van der Waals surface area contributed by atoms with Gasteiger partial charge in [0.1, 0.15) is 5.82 Å². The third-order valence-electron chi connectivity index (χ3n) is 3.52. The molecule has 0 spiro atoms. The first-order chi connectivity index (χ1) is 8.32. The molecule has 1 aromatic heterocycles. The normalized spacial score (nSPS) is 26.4. The lowest BCUT2D eigenvalue weighted by Crippen LogP contribution is -2.48. The Hall–Kier alpha value is -0.920. The van der Waals surface area contributed by atoms with Gasteiger partial charge in [-0.1, -0.05) is 0 Å². The van der Waals surface area contributed by atoms with Gasteiger partial charge in [0, 0.05) is 31.9 Å². The van der Waals surface area contributed by atoms with E-state index in [9.17, 15) is 8.42 Å². The summed E-state index contributed by atoms with van der Waals surface area (Å²) in [5.41, 5.74) is 5.86. The molecule has 2 unspecified atom stereocenters. The minimum atomic E-state index is -3.49. The van der Waals surface area contributed by atoms with Crippen molar-refractivity contribution in [2.45, 2.75) is 43.8 Å². The highest BCUT2D eigenvalue weighted by Gasteiger charge is 2.34. The zero-order chi connectivity index (χ0) is 13.5. The third kappa shape index (κ3) is 2.30. The van der Waals surface area contributed by atoms with Crippen LogP contribution in [-0.4, -0.2) is 40.9 Å². The van der Waals surface area contributed by atoms with Gasteiger partial charge in [0.15, 0.2) is 5.03 Å². The van der Waals surface area contributed by atoms with E-state index in [2.05, 4.69) is 4.98 Å². The van der Waals surface area contributed by atoms with Crippen molar-refractivity contribution < 1.29 is 8.42 Å². The summed E-state index contributed by atoms with van der Waals surface area (Å²) in [6, 6.07) is 0.0259. The average molecular weight is 272 g/mol. The summed E-state index contributed by atoms with van der Waals surface area (Å²) in [6.07, 6.45) is 2.96. The van der Waals surface area contributed by atoms with Crippen LogP contribution >= 0.6 is 0 Å². The Kier molecular flexibility index (Phi) is 3.48. The molecule has 102 valence electrons. The van der Waals surface area contributed by atoms with Crippen molar-refractivity contribution >= 4 is 10.0 Å². The summed E-state index contributed by atoms with van der Waals surface area (Å²) in [5.74, 6) is 0.690. The highest BCUT2D eigenvalue weighted by atomic mass is 32.2. The Balaban J connectivity index is 2.31. The quantitative estimate of drug-likeness (QED) is 0.835. The van der Waals surface area contributed by atoms with Crippen LogP contribution in [0, 0.1) is 6.92 Å². The Morgan fingerprint density at radius 1 is 1.50 bits per heavy atom. The monoisotopic (exact) mass is 272 g/mol. The van der Waals surface area contributed by atoms with Gasteiger partial charge in [0.25, 0.3) is 10.0 Å². The van der Waals surface area contributed by atoms with Crippen LogP contribution in [0.4, 0.5) is 0 Å². The number of nitrogens with two attached hydrogens (primary N) is 1. The van der Waals surface area contributed by atoms with Crippen molar-refractivity contribution in [1.82, 2.24) is 13.9 Å². The molecule has 2 rings (SSSR count). The summed E-state index contributed by atoms with van der Waals surface area (Å²) in [6.45, 7) is 4.15. The number of aromatic nitrogens is 2. The van der Waals surface area contributed by atoms with E-state index in [1.165, 1.54) is 4.31 Å². The SMILES string of the molecule is Cc1nc(S(=O)(=O)N2CCC(N)CC2C)cn1C. The second-order valence-electron chi connectivity index (χ2n) is 4.99. The predicted molar refractivity (Wildman–Crippen MR) is 68.5 cm³/mol. The Morgan fingerprint density at radius 3 is 2.67 bits per heavy atom. The maximum absolute atomic E-state index is 12.5. The summed E-state index contributed by atoms with van der Waals surface area (Å²) in [4.78, 5) is 4.11. The van der Waals surface area contributed by atoms with Crippen molar-refractivity contribution in [3.63, 3.8) is 0 Å². The van der Waals surface area contributed by atoms with Crippen LogP contribution in [0.25, 0.3) is 0 Å². The molecule has 1 aliphatic heterocycles. The fourth-order valence-corrected chi connectivity index (χ4v) is 4.00. The van der Waals surface area contributed by atoms with Crippen LogP contribution in [0.1, 0.15) is 25.6 Å². The Morgan fingerprint density at radius 2 is 2.17 bits per heavy atom. The Labute approximate surface area is 108 Å². The summed E-state index contributed by atoms with van der Waals surface area (Å²) in [5, 5.41) is 0.129. The molecule has 1 fully saturated rings. The number of piperidine rings is 1.